The third-order valence-corrected chi connectivity index (χ3v) is 3.65. The zero-order valence-corrected chi connectivity index (χ0v) is 13.5. The van der Waals surface area contributed by atoms with Gasteiger partial charge in [0.2, 0.25) is 5.91 Å². The number of hydrogen-bond donors (Lipinski definition) is 1. The molecule has 0 bridgehead atoms. The predicted molar refractivity (Wildman–Crippen MR) is 84.3 cm³/mol. The first-order valence-electron chi connectivity index (χ1n) is 6.37. The molecule has 0 aromatic heterocycles. The molecule has 0 fully saturated rings. The van der Waals surface area contributed by atoms with E-state index in [0.717, 1.165) is 0 Å². The van der Waals surface area contributed by atoms with Gasteiger partial charge in [-0.25, -0.2) is 4.79 Å². The van der Waals surface area contributed by atoms with Gasteiger partial charge in [-0.1, -0.05) is 49.2 Å². The minimum absolute atomic E-state index is 0.0791. The van der Waals surface area contributed by atoms with Crippen LogP contribution in [0, 0.1) is 5.92 Å². The van der Waals surface area contributed by atoms with Gasteiger partial charge in [-0.2, -0.15) is 0 Å². The number of hydrogen-bond acceptors (Lipinski definition) is 3. The molecule has 1 amide bonds. The van der Waals surface area contributed by atoms with Gasteiger partial charge in [0.15, 0.2) is 0 Å². The zero-order valence-electron chi connectivity index (χ0n) is 12.0. The molecule has 1 aromatic carbocycles. The van der Waals surface area contributed by atoms with E-state index in [9.17, 15) is 9.59 Å². The summed E-state index contributed by atoms with van der Waals surface area (Å²) in [7, 11) is 1.28. The second-order valence-electron chi connectivity index (χ2n) is 4.73. The van der Waals surface area contributed by atoms with Gasteiger partial charge in [0.1, 0.15) is 6.04 Å². The molecule has 0 spiro atoms. The van der Waals surface area contributed by atoms with Crippen LogP contribution in [0.4, 0.5) is 0 Å². The van der Waals surface area contributed by atoms with Crippen LogP contribution in [0.5, 0.6) is 0 Å². The van der Waals surface area contributed by atoms with Crippen molar-refractivity contribution in [3.8, 4) is 0 Å². The van der Waals surface area contributed by atoms with Crippen LogP contribution in [0.15, 0.2) is 24.3 Å². The van der Waals surface area contributed by atoms with Crippen LogP contribution in [0.3, 0.4) is 0 Å². The van der Waals surface area contributed by atoms with Crippen LogP contribution in [0.1, 0.15) is 19.4 Å². The Bertz CT molecular complexity index is 556. The van der Waals surface area contributed by atoms with Crippen LogP contribution >= 0.6 is 23.2 Å². The van der Waals surface area contributed by atoms with Crippen LogP contribution in [-0.2, 0) is 14.3 Å². The monoisotopic (exact) mass is 329 g/mol. The highest BCUT2D eigenvalue weighted by Gasteiger charge is 2.23. The van der Waals surface area contributed by atoms with E-state index in [1.807, 2.05) is 13.8 Å². The molecule has 1 unspecified atom stereocenters. The van der Waals surface area contributed by atoms with E-state index in [2.05, 4.69) is 10.1 Å². The van der Waals surface area contributed by atoms with E-state index in [4.69, 9.17) is 23.2 Å². The number of ether oxygens (including phenoxy) is 1. The second kappa shape index (κ2) is 8.05. The van der Waals surface area contributed by atoms with E-state index in [1.54, 1.807) is 18.2 Å². The first-order valence-corrected chi connectivity index (χ1v) is 7.12. The van der Waals surface area contributed by atoms with Crippen molar-refractivity contribution in [2.24, 2.45) is 5.92 Å². The number of carbonyl (C=O) groups is 2. The van der Waals surface area contributed by atoms with Crippen molar-refractivity contribution < 1.29 is 14.3 Å². The van der Waals surface area contributed by atoms with Crippen molar-refractivity contribution in [2.75, 3.05) is 7.11 Å². The van der Waals surface area contributed by atoms with E-state index in [0.29, 0.717) is 15.6 Å². The Morgan fingerprint density at radius 3 is 2.52 bits per heavy atom. The number of methoxy groups -OCH3 is 1. The Morgan fingerprint density at radius 1 is 1.29 bits per heavy atom. The summed E-state index contributed by atoms with van der Waals surface area (Å²) < 4.78 is 4.66. The molecule has 0 saturated heterocycles. The third-order valence-electron chi connectivity index (χ3n) is 2.82. The van der Waals surface area contributed by atoms with Crippen molar-refractivity contribution in [1.29, 1.82) is 0 Å². The lowest BCUT2D eigenvalue weighted by molar-refractivity contribution is -0.145. The first-order chi connectivity index (χ1) is 9.86. The summed E-state index contributed by atoms with van der Waals surface area (Å²) in [6.45, 7) is 3.64. The second-order valence-corrected chi connectivity index (χ2v) is 5.51. The predicted octanol–water partition coefficient (Wildman–Crippen LogP) is 3.32. The van der Waals surface area contributed by atoms with Crippen LogP contribution < -0.4 is 5.32 Å². The molecular formula is C15H17Cl2NO3. The highest BCUT2D eigenvalue weighted by Crippen LogP contribution is 2.26. The Morgan fingerprint density at radius 2 is 1.95 bits per heavy atom. The minimum Gasteiger partial charge on any atom is -0.467 e. The van der Waals surface area contributed by atoms with Crippen LogP contribution in [-0.4, -0.2) is 25.0 Å². The fraction of sp³-hybridized carbons (Fsp3) is 0.333. The summed E-state index contributed by atoms with van der Waals surface area (Å²) in [6, 6.07) is 4.44. The lowest BCUT2D eigenvalue weighted by Gasteiger charge is -2.18. The molecule has 1 N–H and O–H groups in total. The maximum absolute atomic E-state index is 11.9. The fourth-order valence-electron chi connectivity index (χ4n) is 1.64. The van der Waals surface area contributed by atoms with Gasteiger partial charge in [0, 0.05) is 6.08 Å². The molecule has 0 aliphatic rings. The Labute approximate surface area is 134 Å². The molecule has 0 aliphatic heterocycles. The third kappa shape index (κ3) is 5.06. The molecule has 1 rings (SSSR count). The molecule has 1 atom stereocenters. The van der Waals surface area contributed by atoms with Gasteiger partial charge in [-0.05, 0) is 23.6 Å². The van der Waals surface area contributed by atoms with Crippen molar-refractivity contribution in [3.63, 3.8) is 0 Å². The molecule has 0 aliphatic carbocycles. The summed E-state index contributed by atoms with van der Waals surface area (Å²) in [6.07, 6.45) is 2.84. The van der Waals surface area contributed by atoms with Gasteiger partial charge in [0.05, 0.1) is 17.2 Å². The zero-order chi connectivity index (χ0) is 16.0. The lowest BCUT2D eigenvalue weighted by Crippen LogP contribution is -2.44. The average molecular weight is 330 g/mol. The smallest absolute Gasteiger partial charge is 0.328 e. The van der Waals surface area contributed by atoms with Crippen LogP contribution in [0.2, 0.25) is 10.0 Å². The first kappa shape index (κ1) is 17.5. The molecule has 4 nitrogen and oxygen atoms in total. The summed E-state index contributed by atoms with van der Waals surface area (Å²) in [5.41, 5.74) is 0.624. The molecule has 1 aromatic rings. The summed E-state index contributed by atoms with van der Waals surface area (Å²) in [5, 5.41) is 3.38. The Balaban J connectivity index is 2.78. The van der Waals surface area contributed by atoms with Gasteiger partial charge in [-0.3, -0.25) is 4.79 Å². The summed E-state index contributed by atoms with van der Waals surface area (Å²) in [4.78, 5) is 23.4. The number of amides is 1. The average Bonchev–Trinajstić information content (AvgIpc) is 2.45. The summed E-state index contributed by atoms with van der Waals surface area (Å²) >= 11 is 11.9. The van der Waals surface area contributed by atoms with Crippen LogP contribution in [0.25, 0.3) is 6.08 Å². The Hall–Kier alpha value is -1.52. The highest BCUT2D eigenvalue weighted by molar-refractivity contribution is 6.42. The molecule has 0 heterocycles. The van der Waals surface area contributed by atoms with Gasteiger partial charge < -0.3 is 10.1 Å². The summed E-state index contributed by atoms with van der Waals surface area (Å²) in [5.74, 6) is -0.966. The molecule has 6 heteroatoms. The lowest BCUT2D eigenvalue weighted by atomic mass is 10.0. The number of benzene rings is 1. The standard InChI is InChI=1S/C15H17Cl2NO3/c1-9(2)14(15(20)21-3)18-12(19)8-7-10-5-4-6-11(16)13(10)17/h4-9,14H,1-3H3,(H,18,19)/b8-7+. The molecular weight excluding hydrogens is 313 g/mol. The maximum atomic E-state index is 11.9. The van der Waals surface area contributed by atoms with Gasteiger partial charge in [0.25, 0.3) is 0 Å². The number of carbonyl (C=O) groups excluding carboxylic acids is 2. The fourth-order valence-corrected chi connectivity index (χ4v) is 2.01. The van der Waals surface area contributed by atoms with E-state index < -0.39 is 17.9 Å². The van der Waals surface area contributed by atoms with Crippen molar-refractivity contribution in [1.82, 2.24) is 5.32 Å². The minimum atomic E-state index is -0.693. The van der Waals surface area contributed by atoms with Crippen molar-refractivity contribution in [2.45, 2.75) is 19.9 Å². The quantitative estimate of drug-likeness (QED) is 0.666. The number of nitrogens with one attached hydrogen (secondary N) is 1. The maximum Gasteiger partial charge on any atom is 0.328 e. The topological polar surface area (TPSA) is 55.4 Å². The number of rotatable bonds is 5. The molecule has 21 heavy (non-hydrogen) atoms. The number of esters is 1. The molecule has 114 valence electrons. The van der Waals surface area contributed by atoms with Crippen molar-refractivity contribution in [3.05, 3.63) is 39.9 Å². The normalized spacial score (nSPS) is 12.5. The molecule has 0 radical (unpaired) electrons. The van der Waals surface area contributed by atoms with Gasteiger partial charge >= 0.3 is 5.97 Å². The van der Waals surface area contributed by atoms with Crippen molar-refractivity contribution >= 4 is 41.2 Å². The van der Waals surface area contributed by atoms with E-state index >= 15 is 0 Å². The largest absolute Gasteiger partial charge is 0.467 e. The molecule has 0 saturated carbocycles. The Kier molecular flexibility index (Phi) is 6.72. The van der Waals surface area contributed by atoms with E-state index in [1.165, 1.54) is 19.3 Å². The van der Waals surface area contributed by atoms with Gasteiger partial charge in [-0.15, -0.1) is 0 Å². The highest BCUT2D eigenvalue weighted by atomic mass is 35.5. The van der Waals surface area contributed by atoms with E-state index in [-0.39, 0.29) is 5.92 Å². The SMILES string of the molecule is COC(=O)C(NC(=O)/C=C/c1cccc(Cl)c1Cl)C(C)C. The number of halogens is 2.